The highest BCUT2D eigenvalue weighted by atomic mass is 32.2. The van der Waals surface area contributed by atoms with Crippen LogP contribution in [0.25, 0.3) is 22.3 Å². The predicted molar refractivity (Wildman–Crippen MR) is 196 cm³/mol. The summed E-state index contributed by atoms with van der Waals surface area (Å²) in [6.45, 7) is 13.6. The minimum Gasteiger partial charge on any atom is -0.543 e. The summed E-state index contributed by atoms with van der Waals surface area (Å²) in [6.07, 6.45) is 0. The van der Waals surface area contributed by atoms with E-state index in [4.69, 9.17) is 26.0 Å². The molecular weight excluding hydrogens is 652 g/mol. The Balaban J connectivity index is 0.000000441. The highest BCUT2D eigenvalue weighted by molar-refractivity contribution is 7.85. The normalized spacial score (nSPS) is 11.8. The van der Waals surface area contributed by atoms with E-state index in [0.717, 1.165) is 93.6 Å². The number of thiol groups is 1. The largest absolute Gasteiger partial charge is 0.543 e. The molecule has 10 heteroatoms. The van der Waals surface area contributed by atoms with E-state index in [1.54, 1.807) is 0 Å². The standard InChI is InChI=1S/C30H42O2SSi2.C6H5FO3S/c1-7-34(8-2,9-3)31-26-18-13-16-24(22-26)28-20-15-21-29(33)30(28)25-17-14-19-27(23-25)32-35(10-4,11-5)12-6;7-5-1-3-6(4-2-5)11(8,9)10/h13-23,33H,7-12H2,1-6H3;1-4H,(H,8,9,10). The lowest BCUT2D eigenvalue weighted by molar-refractivity contribution is 0.483. The van der Waals surface area contributed by atoms with Crippen LogP contribution >= 0.6 is 12.6 Å². The second-order valence-electron chi connectivity index (χ2n) is 11.4. The van der Waals surface area contributed by atoms with Crippen molar-refractivity contribution in [3.05, 3.63) is 96.8 Å². The Morgan fingerprint density at radius 2 is 1.09 bits per heavy atom. The van der Waals surface area contributed by atoms with Crippen LogP contribution in [0, 0.1) is 5.82 Å². The summed E-state index contributed by atoms with van der Waals surface area (Å²) in [5.41, 5.74) is 4.60. The summed E-state index contributed by atoms with van der Waals surface area (Å²) < 4.78 is 54.8. The monoisotopic (exact) mass is 698 g/mol. The molecule has 5 nitrogen and oxygen atoms in total. The third-order valence-electron chi connectivity index (χ3n) is 8.96. The molecule has 1 N–H and O–H groups in total. The van der Waals surface area contributed by atoms with Crippen molar-refractivity contribution >= 4 is 39.4 Å². The molecule has 0 fully saturated rings. The summed E-state index contributed by atoms with van der Waals surface area (Å²) in [6, 6.07) is 34.2. The number of benzene rings is 4. The van der Waals surface area contributed by atoms with Gasteiger partial charge in [0.2, 0.25) is 16.6 Å². The first-order valence-electron chi connectivity index (χ1n) is 16.0. The lowest BCUT2D eigenvalue weighted by Gasteiger charge is -2.29. The van der Waals surface area contributed by atoms with Gasteiger partial charge in [-0.1, -0.05) is 77.9 Å². The fraction of sp³-hybridized carbons (Fsp3) is 0.333. The van der Waals surface area contributed by atoms with Crippen LogP contribution in [0.5, 0.6) is 11.5 Å². The van der Waals surface area contributed by atoms with Gasteiger partial charge in [-0.3, -0.25) is 4.55 Å². The number of hydrogen-bond acceptors (Lipinski definition) is 5. The van der Waals surface area contributed by atoms with Crippen LogP contribution in [0.15, 0.2) is 101 Å². The molecule has 0 aliphatic rings. The van der Waals surface area contributed by atoms with Crippen LogP contribution in [-0.4, -0.2) is 29.6 Å². The van der Waals surface area contributed by atoms with E-state index in [2.05, 4.69) is 108 Å². The van der Waals surface area contributed by atoms with E-state index >= 15 is 0 Å². The predicted octanol–water partition coefficient (Wildman–Crippen LogP) is 11.1. The third-order valence-corrected chi connectivity index (χ3v) is 19.3. The first-order chi connectivity index (χ1) is 21.9. The van der Waals surface area contributed by atoms with Gasteiger partial charge in [0.25, 0.3) is 10.1 Å². The Labute approximate surface area is 282 Å². The van der Waals surface area contributed by atoms with Gasteiger partial charge in [-0.15, -0.1) is 12.6 Å². The fourth-order valence-corrected chi connectivity index (χ4v) is 11.5. The molecule has 4 aromatic rings. The molecular formula is C36H47FO5S2Si2. The van der Waals surface area contributed by atoms with E-state index in [0.29, 0.717) is 0 Å². The van der Waals surface area contributed by atoms with Crippen molar-refractivity contribution in [2.45, 2.75) is 87.6 Å². The summed E-state index contributed by atoms with van der Waals surface area (Å²) in [5.74, 6) is 1.42. The van der Waals surface area contributed by atoms with Crippen molar-refractivity contribution in [2.75, 3.05) is 0 Å². The smallest absolute Gasteiger partial charge is 0.294 e. The molecule has 0 spiro atoms. The van der Waals surface area contributed by atoms with Gasteiger partial charge in [0.1, 0.15) is 17.3 Å². The molecule has 0 aliphatic heterocycles. The number of halogens is 1. The molecule has 0 saturated carbocycles. The molecule has 0 saturated heterocycles. The molecule has 248 valence electrons. The molecule has 4 rings (SSSR count). The average molecular weight is 699 g/mol. The molecule has 0 radical (unpaired) electrons. The van der Waals surface area contributed by atoms with E-state index < -0.39 is 32.6 Å². The van der Waals surface area contributed by atoms with Gasteiger partial charge in [0.15, 0.2) is 0 Å². The Hall–Kier alpha value is -2.90. The van der Waals surface area contributed by atoms with Crippen LogP contribution in [-0.2, 0) is 10.1 Å². The maximum atomic E-state index is 12.2. The zero-order valence-corrected chi connectivity index (χ0v) is 31.4. The number of rotatable bonds is 13. The molecule has 0 aliphatic carbocycles. The van der Waals surface area contributed by atoms with Gasteiger partial charge in [0, 0.05) is 10.5 Å². The zero-order valence-electron chi connectivity index (χ0n) is 27.7. The summed E-state index contributed by atoms with van der Waals surface area (Å²) in [7, 11) is -7.67. The van der Waals surface area contributed by atoms with E-state index in [-0.39, 0.29) is 4.90 Å². The highest BCUT2D eigenvalue weighted by Crippen LogP contribution is 2.40. The zero-order chi connectivity index (χ0) is 34.0. The van der Waals surface area contributed by atoms with Gasteiger partial charge < -0.3 is 8.85 Å². The van der Waals surface area contributed by atoms with Gasteiger partial charge in [-0.2, -0.15) is 8.42 Å². The minimum absolute atomic E-state index is 0.307. The van der Waals surface area contributed by atoms with Crippen LogP contribution in [0.4, 0.5) is 4.39 Å². The molecule has 0 atom stereocenters. The quantitative estimate of drug-likeness (QED) is 0.0826. The second-order valence-corrected chi connectivity index (χ2v) is 22.7. The van der Waals surface area contributed by atoms with Gasteiger partial charge in [-0.25, -0.2) is 4.39 Å². The first-order valence-corrected chi connectivity index (χ1v) is 23.0. The summed E-state index contributed by atoms with van der Waals surface area (Å²) in [5, 5.41) is 0. The molecule has 0 unspecified atom stereocenters. The Morgan fingerprint density at radius 1 is 0.652 bits per heavy atom. The van der Waals surface area contributed by atoms with Gasteiger partial charge >= 0.3 is 0 Å². The SMILES string of the molecule is CC[Si](CC)(CC)Oc1cccc(-c2cccc(S)c2-c2cccc(O[Si](CC)(CC)CC)c2)c1.O=S(=O)(O)c1ccc(F)cc1. The van der Waals surface area contributed by atoms with Crippen LogP contribution in [0.3, 0.4) is 0 Å². The van der Waals surface area contributed by atoms with Gasteiger partial charge in [0.05, 0.1) is 4.90 Å². The molecule has 46 heavy (non-hydrogen) atoms. The van der Waals surface area contributed by atoms with Crippen LogP contribution < -0.4 is 8.85 Å². The maximum absolute atomic E-state index is 12.2. The summed E-state index contributed by atoms with van der Waals surface area (Å²) >= 11 is 4.89. The highest BCUT2D eigenvalue weighted by Gasteiger charge is 2.32. The van der Waals surface area contributed by atoms with Crippen molar-refractivity contribution in [2.24, 2.45) is 0 Å². The van der Waals surface area contributed by atoms with Crippen molar-refractivity contribution in [3.63, 3.8) is 0 Å². The van der Waals surface area contributed by atoms with Crippen molar-refractivity contribution in [1.29, 1.82) is 0 Å². The lowest BCUT2D eigenvalue weighted by Crippen LogP contribution is -2.39. The first kappa shape index (κ1) is 37.6. The van der Waals surface area contributed by atoms with E-state index in [9.17, 15) is 12.8 Å². The topological polar surface area (TPSA) is 72.8 Å². The molecule has 4 aromatic carbocycles. The second kappa shape index (κ2) is 16.8. The Kier molecular flexibility index (Phi) is 13.7. The third kappa shape index (κ3) is 9.57. The van der Waals surface area contributed by atoms with Crippen LogP contribution in [0.1, 0.15) is 41.5 Å². The minimum atomic E-state index is -4.19. The Bertz CT molecular complexity index is 1660. The van der Waals surface area contributed by atoms with Crippen molar-refractivity contribution in [1.82, 2.24) is 0 Å². The van der Waals surface area contributed by atoms with E-state index in [1.165, 1.54) is 5.56 Å². The van der Waals surface area contributed by atoms with Crippen molar-refractivity contribution in [3.8, 4) is 33.8 Å². The van der Waals surface area contributed by atoms with Crippen LogP contribution in [0.2, 0.25) is 36.3 Å². The van der Waals surface area contributed by atoms with Crippen molar-refractivity contribution < 1.29 is 26.2 Å². The number of hydrogen-bond donors (Lipinski definition) is 2. The molecule has 0 aromatic heterocycles. The fourth-order valence-electron chi connectivity index (χ4n) is 5.57. The molecule has 0 amide bonds. The molecule has 0 bridgehead atoms. The maximum Gasteiger partial charge on any atom is 0.294 e. The lowest BCUT2D eigenvalue weighted by atomic mass is 9.94. The van der Waals surface area contributed by atoms with Gasteiger partial charge in [-0.05, 0) is 108 Å². The molecule has 0 heterocycles. The summed E-state index contributed by atoms with van der Waals surface area (Å²) in [4.78, 5) is 0.661. The Morgan fingerprint density at radius 3 is 1.54 bits per heavy atom. The average Bonchev–Trinajstić information content (AvgIpc) is 3.06. The van der Waals surface area contributed by atoms with E-state index in [1.807, 2.05) is 0 Å².